The Morgan fingerprint density at radius 1 is 1.25 bits per heavy atom. The summed E-state index contributed by atoms with van der Waals surface area (Å²) < 4.78 is 13.2. The van der Waals surface area contributed by atoms with E-state index in [0.717, 1.165) is 16.5 Å². The molecule has 2 heterocycles. The molecule has 24 heavy (non-hydrogen) atoms. The molecule has 1 fully saturated rings. The van der Waals surface area contributed by atoms with Crippen LogP contribution < -0.4 is 0 Å². The van der Waals surface area contributed by atoms with Crippen LogP contribution in [0.2, 0.25) is 0 Å². The number of H-pyrrole nitrogens is 1. The van der Waals surface area contributed by atoms with Gasteiger partial charge >= 0.3 is 0 Å². The van der Waals surface area contributed by atoms with Crippen molar-refractivity contribution in [2.24, 2.45) is 0 Å². The van der Waals surface area contributed by atoms with Crippen molar-refractivity contribution in [3.63, 3.8) is 0 Å². The number of benzene rings is 2. The number of likely N-dealkylation sites (tertiary alicyclic amines) is 1. The molecule has 1 aliphatic rings. The standard InChI is InChI=1S/C18H16FN3O2/c19-12-6-4-11(5-7-12)17-8-13(23)10-22(17)18(24)14-2-1-3-16-15(14)9-20-21-16/h1-7,9,13,17,23H,8,10H2,(H,20,21). The summed E-state index contributed by atoms with van der Waals surface area (Å²) in [6.45, 7) is 0.259. The molecule has 1 aromatic heterocycles. The molecule has 0 radical (unpaired) electrons. The van der Waals surface area contributed by atoms with E-state index < -0.39 is 6.10 Å². The molecular formula is C18H16FN3O2. The van der Waals surface area contributed by atoms with Crippen LogP contribution in [0.3, 0.4) is 0 Å². The van der Waals surface area contributed by atoms with Crippen molar-refractivity contribution < 1.29 is 14.3 Å². The molecule has 2 unspecified atom stereocenters. The van der Waals surface area contributed by atoms with Crippen LogP contribution in [0, 0.1) is 5.82 Å². The van der Waals surface area contributed by atoms with Crippen molar-refractivity contribution in [3.8, 4) is 0 Å². The zero-order chi connectivity index (χ0) is 16.7. The lowest BCUT2D eigenvalue weighted by molar-refractivity contribution is 0.0718. The highest BCUT2D eigenvalue weighted by molar-refractivity contribution is 6.06. The van der Waals surface area contributed by atoms with E-state index in [0.29, 0.717) is 12.0 Å². The van der Waals surface area contributed by atoms with E-state index in [-0.39, 0.29) is 24.3 Å². The second kappa shape index (κ2) is 5.72. The number of aromatic nitrogens is 2. The highest BCUT2D eigenvalue weighted by atomic mass is 19.1. The fourth-order valence-electron chi connectivity index (χ4n) is 3.35. The summed E-state index contributed by atoms with van der Waals surface area (Å²) in [7, 11) is 0. The third-order valence-corrected chi connectivity index (χ3v) is 4.51. The monoisotopic (exact) mass is 325 g/mol. The number of rotatable bonds is 2. The van der Waals surface area contributed by atoms with Crippen molar-refractivity contribution in [3.05, 3.63) is 65.6 Å². The lowest BCUT2D eigenvalue weighted by Gasteiger charge is -2.25. The SMILES string of the molecule is O=C(c1cccc2[nH]ncc12)N1CC(O)CC1c1ccc(F)cc1. The summed E-state index contributed by atoms with van der Waals surface area (Å²) in [4.78, 5) is 14.7. The summed E-state index contributed by atoms with van der Waals surface area (Å²) in [5.74, 6) is -0.480. The van der Waals surface area contributed by atoms with Gasteiger partial charge in [-0.1, -0.05) is 18.2 Å². The zero-order valence-corrected chi connectivity index (χ0v) is 12.8. The smallest absolute Gasteiger partial charge is 0.255 e. The minimum atomic E-state index is -0.590. The number of aliphatic hydroxyl groups excluding tert-OH is 1. The summed E-state index contributed by atoms with van der Waals surface area (Å²) in [6.07, 6.45) is 1.48. The summed E-state index contributed by atoms with van der Waals surface area (Å²) in [5.41, 5.74) is 2.15. The molecule has 2 N–H and O–H groups in total. The largest absolute Gasteiger partial charge is 0.391 e. The van der Waals surface area contributed by atoms with E-state index in [1.54, 1.807) is 35.4 Å². The van der Waals surface area contributed by atoms with E-state index in [4.69, 9.17) is 0 Å². The normalized spacial score (nSPS) is 20.7. The first-order valence-electron chi connectivity index (χ1n) is 7.80. The molecule has 0 bridgehead atoms. The molecule has 2 atom stereocenters. The summed E-state index contributed by atoms with van der Waals surface area (Å²) in [5, 5.41) is 17.7. The predicted octanol–water partition coefficient (Wildman–Crippen LogP) is 2.65. The number of β-amino-alcohol motifs (C(OH)–C–C–N with tert-alkyl or cyclic N) is 1. The number of amides is 1. The third-order valence-electron chi connectivity index (χ3n) is 4.51. The second-order valence-corrected chi connectivity index (χ2v) is 6.05. The van der Waals surface area contributed by atoms with Crippen LogP contribution in [0.15, 0.2) is 48.7 Å². The van der Waals surface area contributed by atoms with Crippen LogP contribution in [-0.4, -0.2) is 38.8 Å². The number of aromatic amines is 1. The fraction of sp³-hybridized carbons (Fsp3) is 0.222. The summed E-state index contributed by atoms with van der Waals surface area (Å²) >= 11 is 0. The van der Waals surface area contributed by atoms with Crippen molar-refractivity contribution in [2.45, 2.75) is 18.6 Å². The van der Waals surface area contributed by atoms with Gasteiger partial charge in [0.25, 0.3) is 5.91 Å². The van der Waals surface area contributed by atoms with Crippen molar-refractivity contribution >= 4 is 16.8 Å². The van der Waals surface area contributed by atoms with Gasteiger partial charge in [0.15, 0.2) is 0 Å². The van der Waals surface area contributed by atoms with Gasteiger partial charge in [-0.2, -0.15) is 5.10 Å². The van der Waals surface area contributed by atoms with Gasteiger partial charge in [0.2, 0.25) is 0 Å². The van der Waals surface area contributed by atoms with Crippen LogP contribution in [0.1, 0.15) is 28.4 Å². The van der Waals surface area contributed by atoms with Gasteiger partial charge in [-0.25, -0.2) is 4.39 Å². The van der Waals surface area contributed by atoms with E-state index >= 15 is 0 Å². The van der Waals surface area contributed by atoms with E-state index in [9.17, 15) is 14.3 Å². The number of carbonyl (C=O) groups excluding carboxylic acids is 1. The van der Waals surface area contributed by atoms with Gasteiger partial charge < -0.3 is 10.0 Å². The van der Waals surface area contributed by atoms with Crippen LogP contribution in [0.5, 0.6) is 0 Å². The maximum Gasteiger partial charge on any atom is 0.255 e. The minimum Gasteiger partial charge on any atom is -0.391 e. The molecule has 122 valence electrons. The average molecular weight is 325 g/mol. The molecule has 0 saturated carbocycles. The number of nitrogens with zero attached hydrogens (tertiary/aromatic N) is 2. The highest BCUT2D eigenvalue weighted by Crippen LogP contribution is 2.34. The number of hydrogen-bond donors (Lipinski definition) is 2. The van der Waals surface area contributed by atoms with Gasteiger partial charge in [-0.15, -0.1) is 0 Å². The lowest BCUT2D eigenvalue weighted by Crippen LogP contribution is -2.31. The molecule has 4 rings (SSSR count). The second-order valence-electron chi connectivity index (χ2n) is 6.05. The Hall–Kier alpha value is -2.73. The Kier molecular flexibility index (Phi) is 3.54. The molecule has 3 aromatic rings. The van der Waals surface area contributed by atoms with E-state index in [1.807, 2.05) is 6.07 Å². The molecule has 1 aliphatic heterocycles. The van der Waals surface area contributed by atoms with Crippen LogP contribution >= 0.6 is 0 Å². The number of nitrogens with one attached hydrogen (secondary N) is 1. The van der Waals surface area contributed by atoms with Gasteiger partial charge in [0.05, 0.1) is 29.4 Å². The molecule has 6 heteroatoms. The number of halogens is 1. The van der Waals surface area contributed by atoms with Gasteiger partial charge in [-0.05, 0) is 36.2 Å². The van der Waals surface area contributed by atoms with Crippen LogP contribution in [0.4, 0.5) is 4.39 Å². The maximum absolute atomic E-state index is 13.2. The molecule has 0 spiro atoms. The number of aliphatic hydroxyl groups is 1. The first-order chi connectivity index (χ1) is 11.6. The lowest BCUT2D eigenvalue weighted by atomic mass is 10.0. The van der Waals surface area contributed by atoms with Crippen LogP contribution in [0.25, 0.3) is 10.9 Å². The molecule has 0 aliphatic carbocycles. The Labute approximate surface area is 137 Å². The Morgan fingerprint density at radius 3 is 2.83 bits per heavy atom. The fourth-order valence-corrected chi connectivity index (χ4v) is 3.35. The maximum atomic E-state index is 13.2. The average Bonchev–Trinajstić information content (AvgIpc) is 3.21. The van der Waals surface area contributed by atoms with Gasteiger partial charge in [-0.3, -0.25) is 9.89 Å². The van der Waals surface area contributed by atoms with Crippen LogP contribution in [-0.2, 0) is 0 Å². The van der Waals surface area contributed by atoms with Gasteiger partial charge in [0, 0.05) is 11.9 Å². The first-order valence-corrected chi connectivity index (χ1v) is 7.80. The number of hydrogen-bond acceptors (Lipinski definition) is 3. The summed E-state index contributed by atoms with van der Waals surface area (Å²) in [6, 6.07) is 11.2. The van der Waals surface area contributed by atoms with Gasteiger partial charge in [0.1, 0.15) is 5.82 Å². The zero-order valence-electron chi connectivity index (χ0n) is 12.8. The Balaban J connectivity index is 1.72. The van der Waals surface area contributed by atoms with Crippen molar-refractivity contribution in [1.82, 2.24) is 15.1 Å². The number of fused-ring (bicyclic) bond motifs is 1. The molecule has 1 saturated heterocycles. The number of carbonyl (C=O) groups is 1. The third kappa shape index (κ3) is 2.45. The molecule has 5 nitrogen and oxygen atoms in total. The Morgan fingerprint density at radius 2 is 2.04 bits per heavy atom. The minimum absolute atomic E-state index is 0.159. The molecular weight excluding hydrogens is 309 g/mol. The predicted molar refractivity (Wildman–Crippen MR) is 86.9 cm³/mol. The first kappa shape index (κ1) is 14.8. The van der Waals surface area contributed by atoms with Crippen molar-refractivity contribution in [2.75, 3.05) is 6.54 Å². The topological polar surface area (TPSA) is 69.2 Å². The van der Waals surface area contributed by atoms with E-state index in [1.165, 1.54) is 12.1 Å². The molecule has 2 aromatic carbocycles. The Bertz CT molecular complexity index is 891. The van der Waals surface area contributed by atoms with Crippen molar-refractivity contribution in [1.29, 1.82) is 0 Å². The molecule has 1 amide bonds. The highest BCUT2D eigenvalue weighted by Gasteiger charge is 2.36. The van der Waals surface area contributed by atoms with E-state index in [2.05, 4.69) is 10.2 Å². The quantitative estimate of drug-likeness (QED) is 0.761.